The number of ether oxygens (including phenoxy) is 1. The van der Waals surface area contributed by atoms with E-state index in [1.54, 1.807) is 24.7 Å². The molecule has 0 bridgehead atoms. The molecule has 158 valence electrons. The SMILES string of the molecule is COc1ccccc1NC(=O)c1c(C)nc2sc3c(c2c1-c1ccco1)CCC(C)C3. The molecule has 3 aromatic heterocycles. The van der Waals surface area contributed by atoms with E-state index in [1.165, 1.54) is 10.4 Å². The molecule has 0 saturated carbocycles. The van der Waals surface area contributed by atoms with Gasteiger partial charge in [-0.2, -0.15) is 0 Å². The standard InChI is InChI=1S/C25H24N2O3S/c1-14-10-11-16-20(13-14)31-25-22(16)23(19-9-6-12-30-19)21(15(2)26-25)24(28)27-17-7-4-5-8-18(17)29-3/h4-9,12,14H,10-11,13H2,1-3H3,(H,27,28). The number of aromatic nitrogens is 1. The quantitative estimate of drug-likeness (QED) is 0.414. The lowest BCUT2D eigenvalue weighted by Gasteiger charge is -2.19. The number of carbonyl (C=O) groups is 1. The highest BCUT2D eigenvalue weighted by Gasteiger charge is 2.29. The van der Waals surface area contributed by atoms with Crippen LogP contribution in [-0.4, -0.2) is 18.0 Å². The third kappa shape index (κ3) is 3.41. The molecule has 4 aromatic rings. The van der Waals surface area contributed by atoms with Crippen LogP contribution in [0.2, 0.25) is 0 Å². The number of para-hydroxylation sites is 2. The number of hydrogen-bond donors (Lipinski definition) is 1. The number of nitrogens with zero attached hydrogens (tertiary/aromatic N) is 1. The average molecular weight is 433 g/mol. The maximum Gasteiger partial charge on any atom is 0.258 e. The maximum atomic E-state index is 13.6. The molecule has 0 saturated heterocycles. The summed E-state index contributed by atoms with van der Waals surface area (Å²) in [5, 5.41) is 4.09. The Balaban J connectivity index is 1.71. The van der Waals surface area contributed by atoms with E-state index in [4.69, 9.17) is 14.1 Å². The lowest BCUT2D eigenvalue weighted by atomic mass is 9.87. The number of rotatable bonds is 4. The molecular formula is C25H24N2O3S. The van der Waals surface area contributed by atoms with Crippen molar-refractivity contribution in [1.82, 2.24) is 4.98 Å². The highest BCUT2D eigenvalue weighted by molar-refractivity contribution is 7.19. The number of furan rings is 1. The first-order valence-corrected chi connectivity index (χ1v) is 11.3. The van der Waals surface area contributed by atoms with Crippen LogP contribution in [-0.2, 0) is 12.8 Å². The maximum absolute atomic E-state index is 13.6. The number of fused-ring (bicyclic) bond motifs is 3. The Morgan fingerprint density at radius 1 is 1.26 bits per heavy atom. The van der Waals surface area contributed by atoms with Crippen molar-refractivity contribution in [2.45, 2.75) is 33.1 Å². The zero-order valence-corrected chi connectivity index (χ0v) is 18.6. The summed E-state index contributed by atoms with van der Waals surface area (Å²) < 4.78 is 11.2. The smallest absolute Gasteiger partial charge is 0.258 e. The van der Waals surface area contributed by atoms with Gasteiger partial charge in [-0.25, -0.2) is 4.98 Å². The van der Waals surface area contributed by atoms with Gasteiger partial charge in [-0.05, 0) is 61.9 Å². The average Bonchev–Trinajstić information content (AvgIpc) is 3.40. The van der Waals surface area contributed by atoms with Crippen LogP contribution in [0.4, 0.5) is 5.69 Å². The summed E-state index contributed by atoms with van der Waals surface area (Å²) in [6, 6.07) is 11.2. The van der Waals surface area contributed by atoms with Crippen molar-refractivity contribution in [1.29, 1.82) is 0 Å². The van der Waals surface area contributed by atoms with Crippen LogP contribution in [0, 0.1) is 12.8 Å². The highest BCUT2D eigenvalue weighted by atomic mass is 32.1. The van der Waals surface area contributed by atoms with Gasteiger partial charge in [0.15, 0.2) is 0 Å². The zero-order valence-electron chi connectivity index (χ0n) is 17.8. The number of benzene rings is 1. The number of anilines is 1. The molecule has 0 spiro atoms. The Labute approximate surface area is 185 Å². The van der Waals surface area contributed by atoms with Crippen molar-refractivity contribution in [3.05, 3.63) is 64.4 Å². The Morgan fingerprint density at radius 3 is 2.87 bits per heavy atom. The second-order valence-corrected chi connectivity index (χ2v) is 9.19. The van der Waals surface area contributed by atoms with Crippen molar-refractivity contribution in [2.24, 2.45) is 5.92 Å². The Morgan fingerprint density at radius 2 is 2.10 bits per heavy atom. The molecule has 1 aromatic carbocycles. The van der Waals surface area contributed by atoms with E-state index in [0.29, 0.717) is 34.4 Å². The molecule has 31 heavy (non-hydrogen) atoms. The molecule has 1 aliphatic rings. The summed E-state index contributed by atoms with van der Waals surface area (Å²) in [7, 11) is 1.59. The van der Waals surface area contributed by atoms with Gasteiger partial charge in [-0.15, -0.1) is 11.3 Å². The van der Waals surface area contributed by atoms with Gasteiger partial charge in [0.2, 0.25) is 0 Å². The lowest BCUT2D eigenvalue weighted by molar-refractivity contribution is 0.102. The number of aryl methyl sites for hydroxylation is 2. The Kier molecular flexibility index (Phi) is 5.02. The normalized spacial score (nSPS) is 15.6. The monoisotopic (exact) mass is 432 g/mol. The summed E-state index contributed by atoms with van der Waals surface area (Å²) in [4.78, 5) is 20.8. The van der Waals surface area contributed by atoms with Crippen LogP contribution in [0.15, 0.2) is 47.1 Å². The molecular weight excluding hydrogens is 408 g/mol. The molecule has 5 nitrogen and oxygen atoms in total. The van der Waals surface area contributed by atoms with Gasteiger partial charge < -0.3 is 14.5 Å². The van der Waals surface area contributed by atoms with E-state index in [-0.39, 0.29) is 5.91 Å². The predicted octanol–water partition coefficient (Wildman–Crippen LogP) is 6.25. The molecule has 3 heterocycles. The van der Waals surface area contributed by atoms with Gasteiger partial charge in [-0.1, -0.05) is 19.1 Å². The predicted molar refractivity (Wildman–Crippen MR) is 124 cm³/mol. The van der Waals surface area contributed by atoms with Crippen LogP contribution in [0.3, 0.4) is 0 Å². The van der Waals surface area contributed by atoms with E-state index in [0.717, 1.165) is 35.0 Å². The van der Waals surface area contributed by atoms with Crippen molar-refractivity contribution in [2.75, 3.05) is 12.4 Å². The van der Waals surface area contributed by atoms with Crippen LogP contribution in [0.25, 0.3) is 21.5 Å². The van der Waals surface area contributed by atoms with E-state index in [9.17, 15) is 4.79 Å². The van der Waals surface area contributed by atoms with E-state index >= 15 is 0 Å². The van der Waals surface area contributed by atoms with Gasteiger partial charge in [0.05, 0.1) is 30.3 Å². The van der Waals surface area contributed by atoms with Crippen molar-refractivity contribution < 1.29 is 13.9 Å². The summed E-state index contributed by atoms with van der Waals surface area (Å²) in [5.41, 5.74) is 4.03. The van der Waals surface area contributed by atoms with Gasteiger partial charge >= 0.3 is 0 Å². The minimum Gasteiger partial charge on any atom is -0.495 e. The molecule has 1 N–H and O–H groups in total. The molecule has 1 unspecified atom stereocenters. The first-order chi connectivity index (χ1) is 15.1. The number of nitrogens with one attached hydrogen (secondary N) is 1. The second-order valence-electron chi connectivity index (χ2n) is 8.11. The Bertz CT molecular complexity index is 1270. The van der Waals surface area contributed by atoms with Crippen molar-refractivity contribution in [3.8, 4) is 17.1 Å². The number of thiophene rings is 1. The van der Waals surface area contributed by atoms with Gasteiger partial charge in [0.1, 0.15) is 16.3 Å². The van der Waals surface area contributed by atoms with Gasteiger partial charge in [0, 0.05) is 15.8 Å². The van der Waals surface area contributed by atoms with Crippen molar-refractivity contribution >= 4 is 33.1 Å². The summed E-state index contributed by atoms with van der Waals surface area (Å²) in [6.07, 6.45) is 4.87. The van der Waals surface area contributed by atoms with Crippen LogP contribution >= 0.6 is 11.3 Å². The summed E-state index contributed by atoms with van der Waals surface area (Å²) in [6.45, 7) is 4.19. The molecule has 1 amide bonds. The third-order valence-corrected chi connectivity index (χ3v) is 7.12. The molecule has 6 heteroatoms. The van der Waals surface area contributed by atoms with Gasteiger partial charge in [0.25, 0.3) is 5.91 Å². The Hall–Kier alpha value is -3.12. The molecule has 1 atom stereocenters. The molecule has 0 radical (unpaired) electrons. The van der Waals surface area contributed by atoms with Gasteiger partial charge in [-0.3, -0.25) is 4.79 Å². The number of hydrogen-bond acceptors (Lipinski definition) is 5. The molecule has 1 aliphatic carbocycles. The van der Waals surface area contributed by atoms with Crippen molar-refractivity contribution in [3.63, 3.8) is 0 Å². The summed E-state index contributed by atoms with van der Waals surface area (Å²) in [5.74, 6) is 1.76. The molecule has 0 fully saturated rings. The van der Waals surface area contributed by atoms with Crippen LogP contribution in [0.5, 0.6) is 5.75 Å². The zero-order chi connectivity index (χ0) is 21.5. The number of carbonyl (C=O) groups excluding carboxylic acids is 1. The third-order valence-electron chi connectivity index (χ3n) is 5.97. The van der Waals surface area contributed by atoms with Crippen LogP contribution in [0.1, 0.15) is 39.8 Å². The van der Waals surface area contributed by atoms with Crippen LogP contribution < -0.4 is 10.1 Å². The fourth-order valence-corrected chi connectivity index (χ4v) is 5.90. The van der Waals surface area contributed by atoms with E-state index in [2.05, 4.69) is 12.2 Å². The number of amides is 1. The fourth-order valence-electron chi connectivity index (χ4n) is 4.46. The topological polar surface area (TPSA) is 64.4 Å². The summed E-state index contributed by atoms with van der Waals surface area (Å²) >= 11 is 1.76. The van der Waals surface area contributed by atoms with E-state index in [1.807, 2.05) is 43.3 Å². The lowest BCUT2D eigenvalue weighted by Crippen LogP contribution is -2.16. The molecule has 5 rings (SSSR count). The fraction of sp³-hybridized carbons (Fsp3) is 0.280. The highest BCUT2D eigenvalue weighted by Crippen LogP contribution is 2.44. The first-order valence-electron chi connectivity index (χ1n) is 10.5. The largest absolute Gasteiger partial charge is 0.495 e. The van der Waals surface area contributed by atoms with E-state index < -0.39 is 0 Å². The number of methoxy groups -OCH3 is 1. The molecule has 0 aliphatic heterocycles. The first kappa shape index (κ1) is 19.8. The minimum atomic E-state index is -0.216. The second kappa shape index (κ2) is 7.85. The number of pyridine rings is 1. The minimum absolute atomic E-state index is 0.216.